The molecule has 156 valence electrons. The minimum Gasteiger partial charge on any atom is -0.285 e. The quantitative estimate of drug-likeness (QED) is 0.665. The summed E-state index contributed by atoms with van der Waals surface area (Å²) in [7, 11) is 0. The lowest BCUT2D eigenvalue weighted by Crippen LogP contribution is -2.11. The molecule has 0 fully saturated rings. The summed E-state index contributed by atoms with van der Waals surface area (Å²) >= 11 is 1.36. The van der Waals surface area contributed by atoms with E-state index in [9.17, 15) is 10.0 Å². The Morgan fingerprint density at radius 1 is 1.00 bits per heavy atom. The maximum absolute atomic E-state index is 12.6. The molecule has 6 heteroatoms. The Labute approximate surface area is 186 Å². The number of hydrogen-bond donors (Lipinski definition) is 1. The van der Waals surface area contributed by atoms with E-state index in [1.165, 1.54) is 17.3 Å². The number of nitrogens with zero attached hydrogens (tertiary/aromatic N) is 3. The number of rotatable bonds is 2. The van der Waals surface area contributed by atoms with Crippen LogP contribution in [0.4, 0.5) is 0 Å². The van der Waals surface area contributed by atoms with Crippen LogP contribution in [0.3, 0.4) is 0 Å². The van der Waals surface area contributed by atoms with Crippen LogP contribution in [0.2, 0.25) is 0 Å². The number of benzene rings is 2. The summed E-state index contributed by atoms with van der Waals surface area (Å²) in [5.74, 6) is -0.322. The minimum atomic E-state index is -0.322. The molecule has 1 N–H and O–H groups in total. The Hall–Kier alpha value is -3.22. The standard InChI is InChI=1S/C25H23N3O2S/c1-25(2,3)20-11-9-17(10-12-20)21-22(18-13-15-28(30)16-14-18)31-24(26-21)27-23(29)19-7-5-4-6-8-19/h4-16,30H,1-3H3. The van der Waals surface area contributed by atoms with Crippen molar-refractivity contribution >= 4 is 28.5 Å². The van der Waals surface area contributed by atoms with Gasteiger partial charge in [-0.2, -0.15) is 4.99 Å². The second-order valence-corrected chi connectivity index (χ2v) is 9.23. The molecule has 0 saturated carbocycles. The second-order valence-electron chi connectivity index (χ2n) is 8.25. The number of carbonyl (C=O) groups excluding carboxylic acids is 1. The third-order valence-electron chi connectivity index (χ3n) is 4.93. The van der Waals surface area contributed by atoms with Gasteiger partial charge in [0.15, 0.2) is 5.17 Å². The molecule has 2 aliphatic rings. The van der Waals surface area contributed by atoms with E-state index in [4.69, 9.17) is 4.99 Å². The van der Waals surface area contributed by atoms with Crippen molar-refractivity contribution < 1.29 is 10.0 Å². The molecular formula is C25H23N3O2S. The third-order valence-corrected chi connectivity index (χ3v) is 5.93. The molecular weight excluding hydrogens is 406 g/mol. The van der Waals surface area contributed by atoms with Gasteiger partial charge in [0, 0.05) is 28.4 Å². The highest BCUT2D eigenvalue weighted by Crippen LogP contribution is 2.35. The van der Waals surface area contributed by atoms with Crippen LogP contribution >= 0.6 is 11.8 Å². The van der Waals surface area contributed by atoms with Gasteiger partial charge in [0.05, 0.1) is 5.71 Å². The maximum atomic E-state index is 12.6. The van der Waals surface area contributed by atoms with Crippen LogP contribution in [0.1, 0.15) is 42.3 Å². The van der Waals surface area contributed by atoms with E-state index in [2.05, 4.69) is 50.0 Å². The predicted octanol–water partition coefficient (Wildman–Crippen LogP) is 5.70. The van der Waals surface area contributed by atoms with Crippen molar-refractivity contribution in [1.29, 1.82) is 0 Å². The number of allylic oxidation sites excluding steroid dienone is 4. The molecule has 0 saturated heterocycles. The van der Waals surface area contributed by atoms with Gasteiger partial charge in [-0.1, -0.05) is 63.2 Å². The number of thioether (sulfide) groups is 1. The number of hydroxylamine groups is 2. The van der Waals surface area contributed by atoms with E-state index in [1.54, 1.807) is 24.5 Å². The van der Waals surface area contributed by atoms with E-state index in [1.807, 2.05) is 30.4 Å². The molecule has 0 radical (unpaired) electrons. The number of amides is 1. The predicted molar refractivity (Wildman–Crippen MR) is 126 cm³/mol. The van der Waals surface area contributed by atoms with Crippen molar-refractivity contribution in [2.45, 2.75) is 26.2 Å². The Morgan fingerprint density at radius 3 is 2.26 bits per heavy atom. The Morgan fingerprint density at radius 2 is 1.65 bits per heavy atom. The zero-order valence-corrected chi connectivity index (χ0v) is 18.4. The number of carbonyl (C=O) groups is 1. The number of aliphatic imine (C=N–C) groups is 2. The third kappa shape index (κ3) is 4.76. The van der Waals surface area contributed by atoms with E-state index < -0.39 is 0 Å². The maximum Gasteiger partial charge on any atom is 0.279 e. The van der Waals surface area contributed by atoms with Gasteiger partial charge in [0.1, 0.15) is 0 Å². The van der Waals surface area contributed by atoms with Gasteiger partial charge >= 0.3 is 0 Å². The van der Waals surface area contributed by atoms with E-state index in [0.717, 1.165) is 26.8 Å². The first-order valence-electron chi connectivity index (χ1n) is 9.95. The molecule has 2 aromatic carbocycles. The minimum absolute atomic E-state index is 0.0558. The summed E-state index contributed by atoms with van der Waals surface area (Å²) in [5, 5.41) is 11.0. The van der Waals surface area contributed by atoms with Crippen LogP contribution in [-0.2, 0) is 5.41 Å². The molecule has 31 heavy (non-hydrogen) atoms. The molecule has 1 amide bonds. The van der Waals surface area contributed by atoms with E-state index in [-0.39, 0.29) is 11.3 Å². The SMILES string of the molecule is CC(C)(C)c1ccc(C2=NC(=NC(=O)c3ccccc3)SC2=C2C=CN(O)C=C2)cc1. The average molecular weight is 430 g/mol. The molecule has 0 unspecified atom stereocenters. The highest BCUT2D eigenvalue weighted by Gasteiger charge is 2.26. The largest absolute Gasteiger partial charge is 0.285 e. The van der Waals surface area contributed by atoms with E-state index in [0.29, 0.717) is 10.7 Å². The van der Waals surface area contributed by atoms with E-state index >= 15 is 0 Å². The normalized spacial score (nSPS) is 17.5. The average Bonchev–Trinajstić information content (AvgIpc) is 3.18. The zero-order chi connectivity index (χ0) is 22.0. The van der Waals surface area contributed by atoms with Crippen LogP contribution < -0.4 is 0 Å². The van der Waals surface area contributed by atoms with Crippen LogP contribution in [0, 0.1) is 0 Å². The monoisotopic (exact) mass is 429 g/mol. The summed E-state index contributed by atoms with van der Waals surface area (Å²) in [6.07, 6.45) is 6.74. The fourth-order valence-corrected chi connectivity index (χ4v) is 4.14. The Kier molecular flexibility index (Phi) is 5.76. The Bertz CT molecular complexity index is 1140. The first-order chi connectivity index (χ1) is 14.8. The van der Waals surface area contributed by atoms with Gasteiger partial charge < -0.3 is 0 Å². The van der Waals surface area contributed by atoms with Crippen molar-refractivity contribution in [3.63, 3.8) is 0 Å². The van der Waals surface area contributed by atoms with Crippen LogP contribution in [-0.4, -0.2) is 27.1 Å². The summed E-state index contributed by atoms with van der Waals surface area (Å²) in [6.45, 7) is 6.53. The lowest BCUT2D eigenvalue weighted by molar-refractivity contribution is 0.0105. The van der Waals surface area contributed by atoms with Crippen LogP contribution in [0.5, 0.6) is 0 Å². The first-order valence-corrected chi connectivity index (χ1v) is 10.8. The van der Waals surface area contributed by atoms with Crippen molar-refractivity contribution in [2.75, 3.05) is 0 Å². The topological polar surface area (TPSA) is 65.3 Å². The second kappa shape index (κ2) is 8.49. The molecule has 2 heterocycles. The van der Waals surface area contributed by atoms with Crippen molar-refractivity contribution in [3.05, 3.63) is 106 Å². The van der Waals surface area contributed by atoms with Gasteiger partial charge in [-0.25, -0.2) is 10.1 Å². The van der Waals surface area contributed by atoms with Gasteiger partial charge in [-0.3, -0.25) is 10.0 Å². The molecule has 0 aromatic heterocycles. The van der Waals surface area contributed by atoms with Crippen LogP contribution in [0.25, 0.3) is 0 Å². The molecule has 4 rings (SSSR count). The van der Waals surface area contributed by atoms with Crippen molar-refractivity contribution in [3.8, 4) is 0 Å². The molecule has 2 aromatic rings. The molecule has 0 bridgehead atoms. The summed E-state index contributed by atoms with van der Waals surface area (Å²) in [5.41, 5.74) is 4.43. The van der Waals surface area contributed by atoms with Crippen molar-refractivity contribution in [1.82, 2.24) is 5.06 Å². The fourth-order valence-electron chi connectivity index (χ4n) is 3.18. The highest BCUT2D eigenvalue weighted by molar-refractivity contribution is 8.18. The lowest BCUT2D eigenvalue weighted by Gasteiger charge is -2.19. The molecule has 5 nitrogen and oxygen atoms in total. The molecule has 0 spiro atoms. The Balaban J connectivity index is 1.74. The molecule has 0 aliphatic carbocycles. The fraction of sp³-hybridized carbons (Fsp3) is 0.160. The van der Waals surface area contributed by atoms with Gasteiger partial charge in [0.2, 0.25) is 0 Å². The summed E-state index contributed by atoms with van der Waals surface area (Å²) in [6, 6.07) is 17.3. The smallest absolute Gasteiger partial charge is 0.279 e. The molecule has 2 aliphatic heterocycles. The zero-order valence-electron chi connectivity index (χ0n) is 17.6. The summed E-state index contributed by atoms with van der Waals surface area (Å²) < 4.78 is 0. The summed E-state index contributed by atoms with van der Waals surface area (Å²) in [4.78, 5) is 22.4. The van der Waals surface area contributed by atoms with Crippen molar-refractivity contribution in [2.24, 2.45) is 9.98 Å². The number of amidine groups is 1. The first kappa shape index (κ1) is 21.0. The molecule has 0 atom stereocenters. The lowest BCUT2D eigenvalue weighted by atomic mass is 9.86. The van der Waals surface area contributed by atoms with Gasteiger partial charge in [0.25, 0.3) is 5.91 Å². The highest BCUT2D eigenvalue weighted by atomic mass is 32.2. The number of hydrogen-bond acceptors (Lipinski definition) is 4. The van der Waals surface area contributed by atoms with Gasteiger partial charge in [-0.15, -0.1) is 0 Å². The van der Waals surface area contributed by atoms with Crippen LogP contribution in [0.15, 0.2) is 99.6 Å². The van der Waals surface area contributed by atoms with Gasteiger partial charge in [-0.05, 0) is 52.6 Å².